The Labute approximate surface area is 131 Å². The molecule has 0 radical (unpaired) electrons. The van der Waals surface area contributed by atoms with Gasteiger partial charge in [0.25, 0.3) is 0 Å². The Morgan fingerprint density at radius 2 is 2.05 bits per heavy atom. The van der Waals surface area contributed by atoms with Crippen molar-refractivity contribution in [3.63, 3.8) is 0 Å². The first-order chi connectivity index (χ1) is 10.1. The van der Waals surface area contributed by atoms with E-state index in [1.54, 1.807) is 0 Å². The molecule has 3 N–H and O–H groups in total. The zero-order chi connectivity index (χ0) is 15.0. The molecule has 3 aromatic rings. The third-order valence-corrected chi connectivity index (χ3v) is 4.70. The molecule has 0 fully saturated rings. The molecule has 0 bridgehead atoms. The van der Waals surface area contributed by atoms with Gasteiger partial charge in [-0.25, -0.2) is 10.8 Å². The maximum absolute atomic E-state index is 5.62. The second kappa shape index (κ2) is 5.46. The smallest absolute Gasteiger partial charge is 0.145 e. The number of rotatable bonds is 3. The Bertz CT molecular complexity index is 809. The quantitative estimate of drug-likeness (QED) is 0.565. The standard InChI is InChI=1S/C15H16BrN5/c1-9-14(16)10(2)21(20-9)8-12-7-11-5-3-4-6-13(11)18-15(12)19-17/h3-7H,8,17H2,1-2H3,(H,18,19). The average molecular weight is 346 g/mol. The fraction of sp³-hybridized carbons (Fsp3) is 0.200. The Morgan fingerprint density at radius 1 is 1.29 bits per heavy atom. The number of hydrogen-bond acceptors (Lipinski definition) is 4. The zero-order valence-electron chi connectivity index (χ0n) is 11.9. The number of hydrazine groups is 1. The molecule has 21 heavy (non-hydrogen) atoms. The Kier molecular flexibility index (Phi) is 3.65. The first-order valence-corrected chi connectivity index (χ1v) is 7.44. The molecule has 0 atom stereocenters. The van der Waals surface area contributed by atoms with E-state index in [0.717, 1.165) is 32.3 Å². The summed E-state index contributed by atoms with van der Waals surface area (Å²) in [5.74, 6) is 6.30. The summed E-state index contributed by atoms with van der Waals surface area (Å²) in [5, 5.41) is 5.62. The first-order valence-electron chi connectivity index (χ1n) is 6.65. The molecule has 5 nitrogen and oxygen atoms in total. The fourth-order valence-corrected chi connectivity index (χ4v) is 2.68. The predicted molar refractivity (Wildman–Crippen MR) is 88.1 cm³/mol. The number of nitrogen functional groups attached to an aromatic ring is 1. The largest absolute Gasteiger partial charge is 0.308 e. The number of pyridine rings is 1. The number of aryl methyl sites for hydroxylation is 1. The highest BCUT2D eigenvalue weighted by molar-refractivity contribution is 9.10. The third-order valence-electron chi connectivity index (χ3n) is 3.55. The van der Waals surface area contributed by atoms with Crippen LogP contribution < -0.4 is 11.3 Å². The summed E-state index contributed by atoms with van der Waals surface area (Å²) < 4.78 is 2.99. The van der Waals surface area contributed by atoms with Crippen molar-refractivity contribution in [2.45, 2.75) is 20.4 Å². The molecule has 0 aliphatic heterocycles. The normalized spacial score (nSPS) is 11.0. The number of aromatic nitrogens is 3. The van der Waals surface area contributed by atoms with Gasteiger partial charge in [0.2, 0.25) is 0 Å². The number of halogens is 1. The minimum absolute atomic E-state index is 0.621. The van der Waals surface area contributed by atoms with Gasteiger partial charge in [-0.15, -0.1) is 0 Å². The van der Waals surface area contributed by atoms with Crippen LogP contribution >= 0.6 is 15.9 Å². The van der Waals surface area contributed by atoms with Gasteiger partial charge in [-0.1, -0.05) is 18.2 Å². The molecule has 2 heterocycles. The maximum atomic E-state index is 5.62. The number of nitrogens with zero attached hydrogens (tertiary/aromatic N) is 3. The van der Waals surface area contributed by atoms with E-state index < -0.39 is 0 Å². The van der Waals surface area contributed by atoms with Gasteiger partial charge in [0.1, 0.15) is 5.82 Å². The molecule has 3 rings (SSSR count). The molecule has 0 spiro atoms. The van der Waals surface area contributed by atoms with Gasteiger partial charge >= 0.3 is 0 Å². The highest BCUT2D eigenvalue weighted by Gasteiger charge is 2.12. The Morgan fingerprint density at radius 3 is 2.71 bits per heavy atom. The van der Waals surface area contributed by atoms with Crippen molar-refractivity contribution >= 4 is 32.7 Å². The van der Waals surface area contributed by atoms with Crippen LogP contribution in [0.5, 0.6) is 0 Å². The van der Waals surface area contributed by atoms with Crippen molar-refractivity contribution in [2.75, 3.05) is 5.43 Å². The van der Waals surface area contributed by atoms with Gasteiger partial charge in [0.15, 0.2) is 0 Å². The summed E-state index contributed by atoms with van der Waals surface area (Å²) in [6.45, 7) is 4.64. The molecule has 0 saturated carbocycles. The summed E-state index contributed by atoms with van der Waals surface area (Å²) in [7, 11) is 0. The predicted octanol–water partition coefficient (Wildman–Crippen LogP) is 3.14. The van der Waals surface area contributed by atoms with Crippen LogP contribution in [-0.4, -0.2) is 14.8 Å². The van der Waals surface area contributed by atoms with Crippen LogP contribution in [0.2, 0.25) is 0 Å². The maximum Gasteiger partial charge on any atom is 0.145 e. The van der Waals surface area contributed by atoms with Crippen molar-refractivity contribution in [3.05, 3.63) is 51.8 Å². The van der Waals surface area contributed by atoms with Gasteiger partial charge in [0.05, 0.1) is 27.9 Å². The number of fused-ring (bicyclic) bond motifs is 1. The van der Waals surface area contributed by atoms with Gasteiger partial charge < -0.3 is 5.43 Å². The van der Waals surface area contributed by atoms with Crippen molar-refractivity contribution in [1.29, 1.82) is 0 Å². The molecular formula is C15H16BrN5. The van der Waals surface area contributed by atoms with E-state index in [0.29, 0.717) is 12.4 Å². The van der Waals surface area contributed by atoms with E-state index in [-0.39, 0.29) is 0 Å². The van der Waals surface area contributed by atoms with E-state index in [2.05, 4.69) is 37.5 Å². The molecular weight excluding hydrogens is 330 g/mol. The topological polar surface area (TPSA) is 68.8 Å². The van der Waals surface area contributed by atoms with Crippen LogP contribution in [0.1, 0.15) is 17.0 Å². The van der Waals surface area contributed by atoms with Gasteiger partial charge in [0, 0.05) is 10.9 Å². The Hall–Kier alpha value is -1.92. The van der Waals surface area contributed by atoms with Gasteiger partial charge in [-0.3, -0.25) is 4.68 Å². The van der Waals surface area contributed by atoms with Crippen LogP contribution in [0.4, 0.5) is 5.82 Å². The van der Waals surface area contributed by atoms with Gasteiger partial charge in [-0.2, -0.15) is 5.10 Å². The first kappa shape index (κ1) is 14.0. The summed E-state index contributed by atoms with van der Waals surface area (Å²) in [6.07, 6.45) is 0. The van der Waals surface area contributed by atoms with Crippen LogP contribution in [-0.2, 0) is 6.54 Å². The average Bonchev–Trinajstić information content (AvgIpc) is 2.74. The van der Waals surface area contributed by atoms with Crippen LogP contribution in [0.25, 0.3) is 10.9 Å². The molecule has 0 amide bonds. The number of nitrogens with two attached hydrogens (primary N) is 1. The monoisotopic (exact) mass is 345 g/mol. The highest BCUT2D eigenvalue weighted by Crippen LogP contribution is 2.24. The summed E-state index contributed by atoms with van der Waals surface area (Å²) >= 11 is 3.55. The van der Waals surface area contributed by atoms with Gasteiger partial charge in [-0.05, 0) is 41.9 Å². The zero-order valence-corrected chi connectivity index (χ0v) is 13.5. The molecule has 0 unspecified atom stereocenters. The molecule has 108 valence electrons. The summed E-state index contributed by atoms with van der Waals surface area (Å²) in [5.41, 5.74) is 6.68. The fourth-order valence-electron chi connectivity index (χ4n) is 2.40. The lowest BCUT2D eigenvalue weighted by atomic mass is 10.1. The molecule has 1 aromatic carbocycles. The number of benzene rings is 1. The van der Waals surface area contributed by atoms with Crippen LogP contribution in [0, 0.1) is 13.8 Å². The second-order valence-electron chi connectivity index (χ2n) is 4.98. The molecule has 0 saturated heterocycles. The second-order valence-corrected chi connectivity index (χ2v) is 5.77. The summed E-state index contributed by atoms with van der Waals surface area (Å²) in [4.78, 5) is 4.56. The minimum atomic E-state index is 0.621. The molecule has 2 aromatic heterocycles. The lowest BCUT2D eigenvalue weighted by Gasteiger charge is -2.11. The lowest BCUT2D eigenvalue weighted by Crippen LogP contribution is -2.14. The third kappa shape index (κ3) is 2.52. The van der Waals surface area contributed by atoms with Crippen LogP contribution in [0.3, 0.4) is 0 Å². The summed E-state index contributed by atoms with van der Waals surface area (Å²) in [6, 6.07) is 10.1. The number of hydrogen-bond donors (Lipinski definition) is 2. The molecule has 0 aliphatic rings. The van der Waals surface area contributed by atoms with Crippen LogP contribution in [0.15, 0.2) is 34.8 Å². The SMILES string of the molecule is Cc1nn(Cc2cc3ccccc3nc2NN)c(C)c1Br. The van der Waals surface area contributed by atoms with Crippen molar-refractivity contribution in [3.8, 4) is 0 Å². The Balaban J connectivity index is 2.08. The lowest BCUT2D eigenvalue weighted by molar-refractivity contribution is 0.658. The van der Waals surface area contributed by atoms with Crippen molar-refractivity contribution in [2.24, 2.45) is 5.84 Å². The minimum Gasteiger partial charge on any atom is -0.308 e. The van der Waals surface area contributed by atoms with Crippen molar-refractivity contribution < 1.29 is 0 Å². The number of anilines is 1. The molecule has 6 heteroatoms. The van der Waals surface area contributed by atoms with E-state index in [4.69, 9.17) is 5.84 Å². The number of nitrogens with one attached hydrogen (secondary N) is 1. The van der Waals surface area contributed by atoms with E-state index in [1.807, 2.05) is 42.8 Å². The van der Waals surface area contributed by atoms with Crippen molar-refractivity contribution in [1.82, 2.24) is 14.8 Å². The van der Waals surface area contributed by atoms with E-state index >= 15 is 0 Å². The number of para-hydroxylation sites is 1. The highest BCUT2D eigenvalue weighted by atomic mass is 79.9. The van der Waals surface area contributed by atoms with E-state index in [9.17, 15) is 0 Å². The molecule has 0 aliphatic carbocycles. The van der Waals surface area contributed by atoms with E-state index in [1.165, 1.54) is 0 Å².